The minimum atomic E-state index is -1.84. The number of hydrogen-bond acceptors (Lipinski definition) is 24. The first-order chi connectivity index (χ1) is 56.4. The van der Waals surface area contributed by atoms with Crippen molar-refractivity contribution >= 4 is 129 Å². The van der Waals surface area contributed by atoms with Gasteiger partial charge in [0.25, 0.3) is 5.69 Å². The molecule has 0 bridgehead atoms. The minimum Gasteiger partial charge on any atom is -0.394 e. The van der Waals surface area contributed by atoms with Gasteiger partial charge >= 0.3 is 0 Å². The van der Waals surface area contributed by atoms with Gasteiger partial charge in [-0.15, -0.1) is 0 Å². The van der Waals surface area contributed by atoms with Crippen molar-refractivity contribution in [1.82, 2.24) is 78.9 Å². The third-order valence-corrected chi connectivity index (χ3v) is 21.6. The molecule has 15 atom stereocenters. The van der Waals surface area contributed by atoms with Gasteiger partial charge in [-0.3, -0.25) is 86.8 Å². The molecule has 3 fully saturated rings. The van der Waals surface area contributed by atoms with Crippen molar-refractivity contribution < 1.29 is 91.8 Å². The Kier molecular flexibility index (Phi) is 41.9. The highest BCUT2D eigenvalue weighted by Crippen LogP contribution is 2.24. The number of unbranched alkanes of at least 4 members (excludes halogenated alkanes) is 1. The molecule has 3 saturated heterocycles. The van der Waals surface area contributed by atoms with Gasteiger partial charge in [-0.2, -0.15) is 23.5 Å². The topological polar surface area (TPSA) is 584 Å². The Bertz CT molecular complexity index is 3820. The first kappa shape index (κ1) is 99.5. The van der Waals surface area contributed by atoms with Crippen LogP contribution in [0.25, 0.3) is 0 Å². The Morgan fingerprint density at radius 1 is 0.538 bits per heavy atom. The number of nitrogens with one attached hydrogen (secondary N) is 14. The molecule has 3 heterocycles. The maximum absolute atomic E-state index is 14.8. The molecule has 41 heteroatoms. The van der Waals surface area contributed by atoms with E-state index in [1.54, 1.807) is 84.4 Å². The van der Waals surface area contributed by atoms with E-state index in [1.807, 2.05) is 0 Å². The van der Waals surface area contributed by atoms with Gasteiger partial charge in [0.1, 0.15) is 78.5 Å². The second-order valence-electron chi connectivity index (χ2n) is 31.0. The number of thioether (sulfide) groups is 2. The Labute approximate surface area is 701 Å². The van der Waals surface area contributed by atoms with E-state index in [4.69, 9.17) is 11.5 Å². The quantitative estimate of drug-likeness (QED) is 0.0181. The zero-order valence-electron chi connectivity index (χ0n) is 69.2. The number of nitrogens with zero attached hydrogens (tertiary/aromatic N) is 3. The molecule has 2 aromatic rings. The average Bonchev–Trinajstić information content (AvgIpc) is 1.74. The van der Waals surface area contributed by atoms with Crippen LogP contribution < -0.4 is 85.9 Å². The number of likely N-dealkylation sites (tertiary alicyclic amines) is 2. The number of benzene rings is 2. The number of amides is 16. The number of primary amides is 1. The predicted molar refractivity (Wildman–Crippen MR) is 443 cm³/mol. The summed E-state index contributed by atoms with van der Waals surface area (Å²) in [5, 5.41) is 69.4. The molecule has 0 spiro atoms. The molecule has 119 heavy (non-hydrogen) atoms. The molecular weight excluding hydrogens is 1590 g/mol. The molecule has 660 valence electrons. The number of carbonyl (C=O) groups is 16. The highest BCUT2D eigenvalue weighted by atomic mass is 32.2. The Hall–Kier alpha value is -10.1. The molecule has 3 aliphatic rings. The van der Waals surface area contributed by atoms with E-state index in [-0.39, 0.29) is 81.9 Å². The monoisotopic (exact) mass is 1710 g/mol. The highest BCUT2D eigenvalue weighted by molar-refractivity contribution is 7.98. The molecule has 0 unspecified atom stereocenters. The van der Waals surface area contributed by atoms with E-state index >= 15 is 0 Å². The zero-order chi connectivity index (χ0) is 88.3. The number of rotatable bonds is 49. The standard InChI is InChI=1S/C78H121N19O20S2/c1-42(2)37-56(90-76(113)64(46(8)99)94-71(108)55(39-60(80)100)88-70(107)54(38-47-19-12-11-13-20-47)89-75(112)63(44(5)6)92-67(104)50-22-16-32-81-50)77(114)95-33-17-23-58(95)72(109)87-53(30-36-119-10)69(106)86-52(29-35-118-9)66(103)82-40-61(101)85-51(21-14-15-31-79)68(105)83-45(7)65(102)91-57(41-98)78(115)96-34-18-24-59(96)73(110)93-62(43(3)4)74(111)84-48-25-27-49(28-26-48)97(116)117/h11-13,19-20,25-28,42-46,50-59,62-64,81,98-99H,14-18,21-24,29-41,79H2,1-10H3,(H2,80,100)(H,82,103)(H,83,105)(H,84,111)(H,85,101)(H,86,106)(H,87,109)(H,88,107)(H,89,112)(H,90,113)(H,91,102)(H,92,104)(H,93,110)(H,94,108)/t45-,46-,50-,51-,52-,53-,54-,55-,56-,57-,58-,59-,62-,63-,64-/m0/s1. The first-order valence-electron chi connectivity index (χ1n) is 40.2. The zero-order valence-corrected chi connectivity index (χ0v) is 70.8. The average molecular weight is 1710 g/mol. The normalized spacial score (nSPS) is 18.1. The fourth-order valence-electron chi connectivity index (χ4n) is 13.7. The number of carbonyl (C=O) groups excluding carboxylic acids is 16. The molecule has 16 amide bonds. The van der Waals surface area contributed by atoms with Crippen LogP contribution in [0.1, 0.15) is 144 Å². The van der Waals surface area contributed by atoms with Crippen molar-refractivity contribution in [3.05, 3.63) is 70.3 Å². The molecule has 0 aliphatic carbocycles. The first-order valence-corrected chi connectivity index (χ1v) is 43.0. The molecule has 0 aromatic heterocycles. The van der Waals surface area contributed by atoms with E-state index in [0.717, 1.165) is 6.42 Å². The van der Waals surface area contributed by atoms with Crippen LogP contribution in [0, 0.1) is 27.9 Å². The van der Waals surface area contributed by atoms with Crippen molar-refractivity contribution in [2.75, 3.05) is 68.7 Å². The van der Waals surface area contributed by atoms with Crippen molar-refractivity contribution in [3.63, 3.8) is 0 Å². The summed E-state index contributed by atoms with van der Waals surface area (Å²) in [4.78, 5) is 236. The summed E-state index contributed by atoms with van der Waals surface area (Å²) in [6.07, 6.45) is 3.97. The molecule has 3 aliphatic heterocycles. The van der Waals surface area contributed by atoms with Crippen LogP contribution in [0.3, 0.4) is 0 Å². The van der Waals surface area contributed by atoms with Gasteiger partial charge in [0.2, 0.25) is 94.5 Å². The summed E-state index contributed by atoms with van der Waals surface area (Å²) >= 11 is 2.69. The molecule has 20 N–H and O–H groups in total. The number of non-ortho nitro benzene ring substituents is 1. The van der Waals surface area contributed by atoms with E-state index in [9.17, 15) is 97.0 Å². The van der Waals surface area contributed by atoms with Crippen LogP contribution in [0.5, 0.6) is 0 Å². The summed E-state index contributed by atoms with van der Waals surface area (Å²) in [6, 6.07) is -4.74. The Morgan fingerprint density at radius 3 is 1.58 bits per heavy atom. The lowest BCUT2D eigenvalue weighted by Gasteiger charge is -2.32. The summed E-state index contributed by atoms with van der Waals surface area (Å²) in [5.41, 5.74) is 12.0. The van der Waals surface area contributed by atoms with E-state index in [0.29, 0.717) is 55.7 Å². The van der Waals surface area contributed by atoms with Crippen molar-refractivity contribution in [1.29, 1.82) is 0 Å². The number of nitrogens with two attached hydrogens (primary N) is 2. The molecule has 0 radical (unpaired) electrons. The van der Waals surface area contributed by atoms with Crippen LogP contribution in [0.2, 0.25) is 0 Å². The minimum absolute atomic E-state index is 0.00701. The summed E-state index contributed by atoms with van der Waals surface area (Å²) < 4.78 is 0. The van der Waals surface area contributed by atoms with Crippen molar-refractivity contribution in [2.45, 2.75) is 236 Å². The number of hydrogen-bond donors (Lipinski definition) is 18. The maximum atomic E-state index is 14.8. The predicted octanol–water partition coefficient (Wildman–Crippen LogP) is -2.78. The second kappa shape index (κ2) is 50.1. The number of anilines is 1. The summed E-state index contributed by atoms with van der Waals surface area (Å²) in [6.45, 7) is 12.0. The van der Waals surface area contributed by atoms with Crippen LogP contribution in [0.4, 0.5) is 11.4 Å². The van der Waals surface area contributed by atoms with Crippen LogP contribution in [-0.4, -0.2) is 273 Å². The van der Waals surface area contributed by atoms with E-state index in [1.165, 1.54) is 71.4 Å². The molecular formula is C78H121N19O20S2. The largest absolute Gasteiger partial charge is 0.394 e. The van der Waals surface area contributed by atoms with Gasteiger partial charge in [-0.05, 0) is 163 Å². The third kappa shape index (κ3) is 31.9. The second-order valence-corrected chi connectivity index (χ2v) is 32.9. The lowest BCUT2D eigenvalue weighted by Crippen LogP contribution is -2.62. The van der Waals surface area contributed by atoms with Gasteiger partial charge in [0, 0.05) is 37.3 Å². The number of nitro benzene ring substituents is 1. The van der Waals surface area contributed by atoms with Gasteiger partial charge in [0.15, 0.2) is 0 Å². The fourth-order valence-corrected chi connectivity index (χ4v) is 14.6. The van der Waals surface area contributed by atoms with Crippen LogP contribution in [0.15, 0.2) is 54.6 Å². The van der Waals surface area contributed by atoms with Gasteiger partial charge in [0.05, 0.1) is 36.6 Å². The van der Waals surface area contributed by atoms with E-state index < -0.39 is 222 Å². The molecule has 0 saturated carbocycles. The van der Waals surface area contributed by atoms with Crippen LogP contribution >= 0.6 is 23.5 Å². The summed E-state index contributed by atoms with van der Waals surface area (Å²) in [7, 11) is 0. The number of aliphatic hydroxyl groups is 2. The highest BCUT2D eigenvalue weighted by Gasteiger charge is 2.44. The molecule has 2 aromatic carbocycles. The molecule has 5 rings (SSSR count). The van der Waals surface area contributed by atoms with Gasteiger partial charge < -0.3 is 106 Å². The Balaban J connectivity index is 1.21. The third-order valence-electron chi connectivity index (χ3n) is 20.3. The van der Waals surface area contributed by atoms with E-state index in [2.05, 4.69) is 74.4 Å². The van der Waals surface area contributed by atoms with Crippen LogP contribution in [-0.2, 0) is 83.1 Å². The lowest BCUT2D eigenvalue weighted by atomic mass is 10.00. The smallest absolute Gasteiger partial charge is 0.269 e. The van der Waals surface area contributed by atoms with Crippen molar-refractivity contribution in [3.8, 4) is 0 Å². The Morgan fingerprint density at radius 2 is 1.04 bits per heavy atom. The fraction of sp³-hybridized carbons (Fsp3) is 0.641. The van der Waals surface area contributed by atoms with Gasteiger partial charge in [-0.1, -0.05) is 71.9 Å². The van der Waals surface area contributed by atoms with Gasteiger partial charge in [-0.25, -0.2) is 0 Å². The molecule has 39 nitrogen and oxygen atoms in total. The lowest BCUT2D eigenvalue weighted by molar-refractivity contribution is -0.384. The van der Waals surface area contributed by atoms with Crippen molar-refractivity contribution in [2.24, 2.45) is 29.2 Å². The summed E-state index contributed by atoms with van der Waals surface area (Å²) in [5.74, 6) is -13.8. The maximum Gasteiger partial charge on any atom is 0.269 e. The SMILES string of the molecule is CSCC[C@H](NC(=O)[C@H](CCSC)NC(=O)[C@@H]1CCCN1C(=O)[C@H](CC(C)C)NC(=O)[C@@H](NC(=O)[C@H](CC(N)=O)NC(=O)[C@H](Cc1ccccc1)NC(=O)[C@@H](NC(=O)[C@@H]1CCCN1)C(C)C)[C@H](C)O)C(=O)NCC(=O)N[C@@H](CCCCN)C(=O)N[C@@H](C)C(=O)N[C@@H](CO)C(=O)N1CCC[C@H]1C(=O)N[C@H](C(=O)Nc1ccc([N+](=O)[O-])cc1)C(C)C. The number of nitro groups is 1. The number of aliphatic hydroxyl groups excluding tert-OH is 2.